The summed E-state index contributed by atoms with van der Waals surface area (Å²) >= 11 is 1.89. The van der Waals surface area contributed by atoms with E-state index in [9.17, 15) is 0 Å². The highest BCUT2D eigenvalue weighted by Gasteiger charge is 2.36. The van der Waals surface area contributed by atoms with Crippen molar-refractivity contribution in [2.75, 3.05) is 0 Å². The van der Waals surface area contributed by atoms with E-state index in [0.717, 1.165) is 0 Å². The molecule has 0 radical (unpaired) electrons. The highest BCUT2D eigenvalue weighted by molar-refractivity contribution is 7.25. The summed E-state index contributed by atoms with van der Waals surface area (Å²) < 4.78 is 5.14. The monoisotopic (exact) mass is 617 g/mol. The molecule has 9 aromatic rings. The van der Waals surface area contributed by atoms with Gasteiger partial charge in [0.15, 0.2) is 0 Å². The largest absolute Gasteiger partial charge is 0.309 e. The number of rotatable bonds is 3. The zero-order valence-electron chi connectivity index (χ0n) is 26.3. The van der Waals surface area contributed by atoms with Crippen molar-refractivity contribution in [3.05, 3.63) is 163 Å². The zero-order chi connectivity index (χ0) is 31.3. The van der Waals surface area contributed by atoms with Crippen LogP contribution in [0.3, 0.4) is 0 Å². The molecule has 10 rings (SSSR count). The molecule has 1 aliphatic rings. The van der Waals surface area contributed by atoms with E-state index in [2.05, 4.69) is 170 Å². The molecule has 0 saturated carbocycles. The minimum atomic E-state index is -0.114. The van der Waals surface area contributed by atoms with Gasteiger partial charge in [-0.25, -0.2) is 0 Å². The molecule has 222 valence electrons. The lowest BCUT2D eigenvalue weighted by Gasteiger charge is -2.22. The van der Waals surface area contributed by atoms with E-state index in [-0.39, 0.29) is 5.41 Å². The number of thiophene rings is 1. The summed E-state index contributed by atoms with van der Waals surface area (Å²) in [5, 5.41) is 5.29. The van der Waals surface area contributed by atoms with E-state index in [1.54, 1.807) is 0 Å². The van der Waals surface area contributed by atoms with Gasteiger partial charge >= 0.3 is 0 Å². The Labute approximate surface area is 278 Å². The van der Waals surface area contributed by atoms with E-state index in [1.807, 2.05) is 11.3 Å². The summed E-state index contributed by atoms with van der Waals surface area (Å²) in [6, 6.07) is 56.2. The third kappa shape index (κ3) is 3.89. The van der Waals surface area contributed by atoms with E-state index >= 15 is 0 Å². The number of para-hydroxylation sites is 1. The molecule has 1 nitrogen and oxygen atoms in total. The molecular weight excluding hydrogens is 587 g/mol. The van der Waals surface area contributed by atoms with Gasteiger partial charge < -0.3 is 4.57 Å². The molecular formula is C45H31NS. The van der Waals surface area contributed by atoms with Crippen LogP contribution in [-0.4, -0.2) is 4.57 Å². The van der Waals surface area contributed by atoms with Crippen LogP contribution in [0.4, 0.5) is 0 Å². The summed E-state index contributed by atoms with van der Waals surface area (Å²) in [7, 11) is 0. The first-order valence-corrected chi connectivity index (χ1v) is 17.2. The summed E-state index contributed by atoms with van der Waals surface area (Å²) in [5.74, 6) is 0. The van der Waals surface area contributed by atoms with Crippen molar-refractivity contribution in [3.63, 3.8) is 0 Å². The summed E-state index contributed by atoms with van der Waals surface area (Å²) in [6.07, 6.45) is 0. The van der Waals surface area contributed by atoms with Crippen LogP contribution in [-0.2, 0) is 5.41 Å². The molecule has 1 aliphatic carbocycles. The molecule has 2 heterocycles. The molecule has 0 fully saturated rings. The van der Waals surface area contributed by atoms with Crippen LogP contribution in [0.1, 0.15) is 25.0 Å². The van der Waals surface area contributed by atoms with Crippen molar-refractivity contribution >= 4 is 53.3 Å². The summed E-state index contributed by atoms with van der Waals surface area (Å²) in [5.41, 5.74) is 14.1. The molecule has 0 bridgehead atoms. The number of hydrogen-bond acceptors (Lipinski definition) is 1. The van der Waals surface area contributed by atoms with E-state index in [0.29, 0.717) is 0 Å². The minimum Gasteiger partial charge on any atom is -0.309 e. The fourth-order valence-corrected chi connectivity index (χ4v) is 9.14. The lowest BCUT2D eigenvalue weighted by Crippen LogP contribution is -2.15. The molecule has 0 amide bonds. The maximum atomic E-state index is 2.48. The minimum absolute atomic E-state index is 0.114. The molecule has 0 aliphatic heterocycles. The van der Waals surface area contributed by atoms with E-state index in [4.69, 9.17) is 0 Å². The van der Waals surface area contributed by atoms with Crippen LogP contribution in [0.25, 0.3) is 81.0 Å². The van der Waals surface area contributed by atoms with Gasteiger partial charge in [0, 0.05) is 42.0 Å². The van der Waals surface area contributed by atoms with Gasteiger partial charge in [0.25, 0.3) is 0 Å². The highest BCUT2D eigenvalue weighted by Crippen LogP contribution is 2.52. The summed E-state index contributed by atoms with van der Waals surface area (Å²) in [4.78, 5) is 0. The maximum Gasteiger partial charge on any atom is 0.0547 e. The second-order valence-electron chi connectivity index (χ2n) is 13.4. The van der Waals surface area contributed by atoms with Gasteiger partial charge in [-0.1, -0.05) is 117 Å². The predicted molar refractivity (Wildman–Crippen MR) is 202 cm³/mol. The molecule has 0 spiro atoms. The van der Waals surface area contributed by atoms with Crippen LogP contribution >= 0.6 is 11.3 Å². The quantitative estimate of drug-likeness (QED) is 0.186. The van der Waals surface area contributed by atoms with Crippen molar-refractivity contribution in [2.45, 2.75) is 19.3 Å². The molecule has 47 heavy (non-hydrogen) atoms. The van der Waals surface area contributed by atoms with Crippen molar-refractivity contribution in [3.8, 4) is 39.1 Å². The third-order valence-corrected chi connectivity index (χ3v) is 11.5. The fraction of sp³-hybridized carbons (Fsp3) is 0.0667. The Kier molecular flexibility index (Phi) is 5.57. The second kappa shape index (κ2) is 9.78. The first-order valence-electron chi connectivity index (χ1n) is 16.3. The first kappa shape index (κ1) is 26.7. The molecule has 0 saturated heterocycles. The molecule has 7 aromatic carbocycles. The van der Waals surface area contributed by atoms with Gasteiger partial charge in [-0.15, -0.1) is 11.3 Å². The van der Waals surface area contributed by atoms with Gasteiger partial charge in [-0.05, 0) is 93.0 Å². The molecule has 2 aromatic heterocycles. The SMILES string of the molecule is CC1(C)c2cc(-c3ccc4c(c3)sc3ccccc34)ccc2-c2cc3c(cc21)c1ccccc1n3-c1ccc(-c2ccccc2)cc1. The highest BCUT2D eigenvalue weighted by atomic mass is 32.1. The van der Waals surface area contributed by atoms with Crippen molar-refractivity contribution < 1.29 is 0 Å². The Morgan fingerprint density at radius 2 is 1.06 bits per heavy atom. The van der Waals surface area contributed by atoms with Gasteiger partial charge in [0.1, 0.15) is 0 Å². The normalized spacial score (nSPS) is 13.5. The fourth-order valence-electron chi connectivity index (χ4n) is 7.99. The molecule has 0 atom stereocenters. The van der Waals surface area contributed by atoms with Crippen LogP contribution in [0.15, 0.2) is 152 Å². The van der Waals surface area contributed by atoms with Gasteiger partial charge in [0.2, 0.25) is 0 Å². The van der Waals surface area contributed by atoms with Crippen molar-refractivity contribution in [2.24, 2.45) is 0 Å². The average Bonchev–Trinajstić information content (AvgIpc) is 3.73. The Hall–Kier alpha value is -5.44. The Morgan fingerprint density at radius 1 is 0.426 bits per heavy atom. The Bertz CT molecular complexity index is 2690. The molecule has 2 heteroatoms. The third-order valence-electron chi connectivity index (χ3n) is 10.4. The Balaban J connectivity index is 1.13. The standard InChI is InChI=1S/C45H31NS/c1-45(2)39-24-30(31-19-23-36-35-13-7-9-15-43(35)47-44(36)25-31)18-22-33(39)37-27-42-38(26-40(37)45)34-12-6-8-14-41(34)46(42)32-20-16-29(17-21-32)28-10-4-3-5-11-28/h3-27H,1-2H3. The lowest BCUT2D eigenvalue weighted by atomic mass is 9.81. The molecule has 0 unspecified atom stereocenters. The average molecular weight is 618 g/mol. The number of hydrogen-bond donors (Lipinski definition) is 0. The van der Waals surface area contributed by atoms with Crippen LogP contribution in [0, 0.1) is 0 Å². The van der Waals surface area contributed by atoms with Crippen molar-refractivity contribution in [1.29, 1.82) is 0 Å². The van der Waals surface area contributed by atoms with Crippen molar-refractivity contribution in [1.82, 2.24) is 4.57 Å². The lowest BCUT2D eigenvalue weighted by molar-refractivity contribution is 0.661. The van der Waals surface area contributed by atoms with Crippen LogP contribution in [0.5, 0.6) is 0 Å². The topological polar surface area (TPSA) is 4.93 Å². The molecule has 0 N–H and O–H groups in total. The van der Waals surface area contributed by atoms with E-state index < -0.39 is 0 Å². The van der Waals surface area contributed by atoms with Gasteiger partial charge in [0.05, 0.1) is 11.0 Å². The summed E-state index contributed by atoms with van der Waals surface area (Å²) in [6.45, 7) is 4.79. The first-order chi connectivity index (χ1) is 23.0. The zero-order valence-corrected chi connectivity index (χ0v) is 27.1. The Morgan fingerprint density at radius 3 is 1.91 bits per heavy atom. The smallest absolute Gasteiger partial charge is 0.0547 e. The number of fused-ring (bicyclic) bond motifs is 9. The second-order valence-corrected chi connectivity index (χ2v) is 14.5. The van der Waals surface area contributed by atoms with Gasteiger partial charge in [-0.3, -0.25) is 0 Å². The van der Waals surface area contributed by atoms with Crippen LogP contribution < -0.4 is 0 Å². The van der Waals surface area contributed by atoms with E-state index in [1.165, 1.54) is 92.2 Å². The number of benzene rings is 7. The number of aromatic nitrogens is 1. The predicted octanol–water partition coefficient (Wildman–Crippen LogP) is 12.8. The number of nitrogens with zero attached hydrogens (tertiary/aromatic N) is 1. The maximum absolute atomic E-state index is 2.48. The van der Waals surface area contributed by atoms with Crippen LogP contribution in [0.2, 0.25) is 0 Å². The van der Waals surface area contributed by atoms with Gasteiger partial charge in [-0.2, -0.15) is 0 Å².